The van der Waals surface area contributed by atoms with Gasteiger partial charge in [-0.25, -0.2) is 0 Å². The van der Waals surface area contributed by atoms with Gasteiger partial charge >= 0.3 is 0 Å². The van der Waals surface area contributed by atoms with E-state index in [1.54, 1.807) is 23.9 Å². The van der Waals surface area contributed by atoms with Crippen LogP contribution in [0.2, 0.25) is 0 Å². The number of thioether (sulfide) groups is 1. The maximum absolute atomic E-state index is 12.4. The van der Waals surface area contributed by atoms with Gasteiger partial charge in [-0.05, 0) is 48.4 Å². The third kappa shape index (κ3) is 5.67. The van der Waals surface area contributed by atoms with Gasteiger partial charge in [0, 0.05) is 18.5 Å². The molecule has 6 heteroatoms. The molecule has 5 nitrogen and oxygen atoms in total. The van der Waals surface area contributed by atoms with Gasteiger partial charge in [0.05, 0.1) is 11.3 Å². The van der Waals surface area contributed by atoms with E-state index in [0.717, 1.165) is 23.5 Å². The topological polar surface area (TPSA) is 58.6 Å². The lowest BCUT2D eigenvalue weighted by Crippen LogP contribution is -2.32. The van der Waals surface area contributed by atoms with Gasteiger partial charge in [-0.2, -0.15) is 0 Å². The fraction of sp³-hybridized carbons (Fsp3) is 0.200. The fourth-order valence-corrected chi connectivity index (χ4v) is 4.51. The summed E-state index contributed by atoms with van der Waals surface area (Å²) < 4.78 is 5.83. The zero-order chi connectivity index (χ0) is 21.5. The first kappa shape index (κ1) is 21.0. The molecule has 1 unspecified atom stereocenters. The minimum Gasteiger partial charge on any atom is -0.457 e. The minimum atomic E-state index is -0.0991. The Labute approximate surface area is 186 Å². The second-order valence-electron chi connectivity index (χ2n) is 7.26. The molecular formula is C25H24N2O3S. The largest absolute Gasteiger partial charge is 0.457 e. The standard InChI is InChI=1S/C25H24N2O3S/c28-23-15-16-24(31-18-26-25(29)20-7-3-1-4-8-20)27(23)17-19-11-13-22(14-12-19)30-21-9-5-2-6-10-21/h1-14,24H,15-18H2,(H,26,29). The van der Waals surface area contributed by atoms with E-state index < -0.39 is 0 Å². The molecule has 31 heavy (non-hydrogen) atoms. The Balaban J connectivity index is 1.30. The molecule has 4 rings (SSSR count). The Morgan fingerprint density at radius 1 is 0.935 bits per heavy atom. The first-order valence-corrected chi connectivity index (χ1v) is 11.3. The third-order valence-electron chi connectivity index (χ3n) is 5.07. The molecule has 0 aliphatic carbocycles. The molecule has 1 aliphatic rings. The van der Waals surface area contributed by atoms with Crippen molar-refractivity contribution in [3.8, 4) is 11.5 Å². The summed E-state index contributed by atoms with van der Waals surface area (Å²) in [6.07, 6.45) is 1.33. The van der Waals surface area contributed by atoms with Crippen LogP contribution in [0.25, 0.3) is 0 Å². The zero-order valence-electron chi connectivity index (χ0n) is 17.1. The number of rotatable bonds is 8. The normalized spacial score (nSPS) is 15.7. The van der Waals surface area contributed by atoms with Crippen molar-refractivity contribution in [2.24, 2.45) is 0 Å². The molecule has 1 atom stereocenters. The Hall–Kier alpha value is -3.25. The van der Waals surface area contributed by atoms with E-state index in [0.29, 0.717) is 24.4 Å². The van der Waals surface area contributed by atoms with Crippen LogP contribution in [0, 0.1) is 0 Å². The Bertz CT molecular complexity index is 1010. The van der Waals surface area contributed by atoms with Crippen LogP contribution in [-0.2, 0) is 11.3 Å². The molecule has 3 aromatic rings. The highest BCUT2D eigenvalue weighted by atomic mass is 32.2. The lowest BCUT2D eigenvalue weighted by molar-refractivity contribution is -0.128. The molecule has 0 bridgehead atoms. The molecule has 2 amide bonds. The summed E-state index contributed by atoms with van der Waals surface area (Å²) in [4.78, 5) is 26.5. The van der Waals surface area contributed by atoms with Crippen molar-refractivity contribution in [1.82, 2.24) is 10.2 Å². The minimum absolute atomic E-state index is 0.0591. The number of amides is 2. The average molecular weight is 433 g/mol. The van der Waals surface area contributed by atoms with Gasteiger partial charge in [-0.3, -0.25) is 9.59 Å². The molecule has 1 aliphatic heterocycles. The van der Waals surface area contributed by atoms with Crippen LogP contribution < -0.4 is 10.1 Å². The summed E-state index contributed by atoms with van der Waals surface area (Å²) in [5, 5.41) is 2.98. The van der Waals surface area contributed by atoms with E-state index in [9.17, 15) is 9.59 Å². The summed E-state index contributed by atoms with van der Waals surface area (Å²) >= 11 is 1.59. The predicted octanol–water partition coefficient (Wildman–Crippen LogP) is 5.05. The first-order chi connectivity index (χ1) is 15.2. The SMILES string of the molecule is O=C(NCSC1CCC(=O)N1Cc1ccc(Oc2ccccc2)cc1)c1ccccc1. The molecule has 3 aromatic carbocycles. The van der Waals surface area contributed by atoms with E-state index in [1.165, 1.54) is 0 Å². The smallest absolute Gasteiger partial charge is 0.251 e. The molecule has 1 heterocycles. The molecule has 0 radical (unpaired) electrons. The molecule has 158 valence electrons. The number of hydrogen-bond donors (Lipinski definition) is 1. The number of hydrogen-bond acceptors (Lipinski definition) is 4. The van der Waals surface area contributed by atoms with Crippen LogP contribution >= 0.6 is 11.8 Å². The fourth-order valence-electron chi connectivity index (χ4n) is 3.45. The monoisotopic (exact) mass is 432 g/mol. The van der Waals surface area contributed by atoms with Crippen molar-refractivity contribution in [3.05, 3.63) is 96.1 Å². The van der Waals surface area contributed by atoms with Gasteiger partial charge < -0.3 is 15.0 Å². The van der Waals surface area contributed by atoms with Crippen molar-refractivity contribution in [2.75, 3.05) is 5.88 Å². The van der Waals surface area contributed by atoms with Crippen LogP contribution in [0.4, 0.5) is 0 Å². The third-order valence-corrected chi connectivity index (χ3v) is 6.26. The van der Waals surface area contributed by atoms with Gasteiger partial charge in [-0.1, -0.05) is 48.5 Å². The molecular weight excluding hydrogens is 408 g/mol. The van der Waals surface area contributed by atoms with E-state index in [-0.39, 0.29) is 17.2 Å². The second-order valence-corrected chi connectivity index (χ2v) is 8.42. The number of para-hydroxylation sites is 1. The van der Waals surface area contributed by atoms with Crippen molar-refractivity contribution < 1.29 is 14.3 Å². The number of carbonyl (C=O) groups is 2. The molecule has 0 aromatic heterocycles. The molecule has 0 spiro atoms. The van der Waals surface area contributed by atoms with E-state index in [4.69, 9.17) is 4.74 Å². The van der Waals surface area contributed by atoms with E-state index in [1.807, 2.05) is 77.7 Å². The average Bonchev–Trinajstić information content (AvgIpc) is 3.15. The van der Waals surface area contributed by atoms with Gasteiger partial charge in [0.25, 0.3) is 5.91 Å². The van der Waals surface area contributed by atoms with Crippen LogP contribution in [0.1, 0.15) is 28.8 Å². The van der Waals surface area contributed by atoms with Crippen LogP contribution in [0.3, 0.4) is 0 Å². The molecule has 1 N–H and O–H groups in total. The zero-order valence-corrected chi connectivity index (χ0v) is 17.9. The Morgan fingerprint density at radius 3 is 2.29 bits per heavy atom. The number of nitrogens with zero attached hydrogens (tertiary/aromatic N) is 1. The molecule has 1 fully saturated rings. The maximum atomic E-state index is 12.4. The lowest BCUT2D eigenvalue weighted by atomic mass is 10.2. The quantitative estimate of drug-likeness (QED) is 0.506. The first-order valence-electron chi connectivity index (χ1n) is 10.3. The Kier molecular flexibility index (Phi) is 6.89. The number of likely N-dealkylation sites (tertiary alicyclic amines) is 1. The van der Waals surface area contributed by atoms with E-state index in [2.05, 4.69) is 5.32 Å². The highest BCUT2D eigenvalue weighted by molar-refractivity contribution is 7.99. The van der Waals surface area contributed by atoms with Crippen molar-refractivity contribution in [3.63, 3.8) is 0 Å². The number of ether oxygens (including phenoxy) is 1. The van der Waals surface area contributed by atoms with Gasteiger partial charge in [0.2, 0.25) is 5.91 Å². The maximum Gasteiger partial charge on any atom is 0.251 e. The summed E-state index contributed by atoms with van der Waals surface area (Å²) in [5.74, 6) is 2.07. The van der Waals surface area contributed by atoms with Crippen LogP contribution in [0.5, 0.6) is 11.5 Å². The number of nitrogens with one attached hydrogen (secondary N) is 1. The predicted molar refractivity (Wildman–Crippen MR) is 123 cm³/mol. The van der Waals surface area contributed by atoms with Gasteiger partial charge in [-0.15, -0.1) is 11.8 Å². The second kappa shape index (κ2) is 10.2. The van der Waals surface area contributed by atoms with Gasteiger partial charge in [0.1, 0.15) is 11.5 Å². The molecule has 1 saturated heterocycles. The summed E-state index contributed by atoms with van der Waals surface area (Å²) in [7, 11) is 0. The van der Waals surface area contributed by atoms with Crippen LogP contribution in [0.15, 0.2) is 84.9 Å². The van der Waals surface area contributed by atoms with E-state index >= 15 is 0 Å². The van der Waals surface area contributed by atoms with Crippen molar-refractivity contribution >= 4 is 23.6 Å². The van der Waals surface area contributed by atoms with Gasteiger partial charge in [0.15, 0.2) is 0 Å². The Morgan fingerprint density at radius 2 is 1.58 bits per heavy atom. The summed E-state index contributed by atoms with van der Waals surface area (Å²) in [6.45, 7) is 0.550. The highest BCUT2D eigenvalue weighted by Gasteiger charge is 2.31. The highest BCUT2D eigenvalue weighted by Crippen LogP contribution is 2.30. The van der Waals surface area contributed by atoms with Crippen molar-refractivity contribution in [1.29, 1.82) is 0 Å². The summed E-state index contributed by atoms with van der Waals surface area (Å²) in [6, 6.07) is 26.6. The number of benzene rings is 3. The molecule has 0 saturated carbocycles. The summed E-state index contributed by atoms with van der Waals surface area (Å²) in [5.41, 5.74) is 1.69. The van der Waals surface area contributed by atoms with Crippen LogP contribution in [-0.4, -0.2) is 28.0 Å². The number of carbonyl (C=O) groups excluding carboxylic acids is 2. The lowest BCUT2D eigenvalue weighted by Gasteiger charge is -2.24. The van der Waals surface area contributed by atoms with Crippen molar-refractivity contribution in [2.45, 2.75) is 24.8 Å².